The molecule has 0 unspecified atom stereocenters. The molecule has 0 aliphatic heterocycles. The number of anilines is 1. The third-order valence-electron chi connectivity index (χ3n) is 5.04. The molecule has 0 aliphatic rings. The molecule has 0 saturated carbocycles. The van der Waals surface area contributed by atoms with Crippen LogP contribution in [-0.2, 0) is 13.1 Å². The smallest absolute Gasteiger partial charge is 0.261 e. The van der Waals surface area contributed by atoms with Crippen molar-refractivity contribution in [1.82, 2.24) is 19.6 Å². The lowest BCUT2D eigenvalue weighted by Gasteiger charge is -2.10. The van der Waals surface area contributed by atoms with Crippen molar-refractivity contribution < 1.29 is 4.79 Å². The first kappa shape index (κ1) is 22.4. The van der Waals surface area contributed by atoms with E-state index in [1.165, 1.54) is 5.56 Å². The van der Waals surface area contributed by atoms with Gasteiger partial charge in [-0.3, -0.25) is 4.79 Å². The molecule has 0 fully saturated rings. The van der Waals surface area contributed by atoms with Crippen LogP contribution < -0.4 is 5.32 Å². The number of aromatic nitrogens is 4. The van der Waals surface area contributed by atoms with E-state index in [0.29, 0.717) is 40.2 Å². The van der Waals surface area contributed by atoms with E-state index in [2.05, 4.69) is 15.5 Å². The third-order valence-corrected chi connectivity index (χ3v) is 6.01. The normalized spacial score (nSPS) is 11.0. The number of amides is 1. The highest BCUT2D eigenvalue weighted by atomic mass is 35.5. The first-order valence-electron chi connectivity index (χ1n) is 9.87. The summed E-state index contributed by atoms with van der Waals surface area (Å²) in [5, 5.41) is 13.0. The Morgan fingerprint density at radius 2 is 1.72 bits per heavy atom. The van der Waals surface area contributed by atoms with Crippen LogP contribution in [0.4, 0.5) is 5.82 Å². The Labute approximate surface area is 200 Å². The van der Waals surface area contributed by atoms with Crippen LogP contribution >= 0.6 is 34.8 Å². The second kappa shape index (κ2) is 9.36. The lowest BCUT2D eigenvalue weighted by molar-refractivity contribution is 0.102. The van der Waals surface area contributed by atoms with E-state index in [1.54, 1.807) is 40.7 Å². The Balaban J connectivity index is 1.53. The van der Waals surface area contributed by atoms with Gasteiger partial charge in [0.15, 0.2) is 0 Å². The predicted octanol–water partition coefficient (Wildman–Crippen LogP) is 6.01. The second-order valence-electron chi connectivity index (χ2n) is 7.46. The zero-order valence-electron chi connectivity index (χ0n) is 17.4. The molecule has 32 heavy (non-hydrogen) atoms. The maximum absolute atomic E-state index is 13.0. The fourth-order valence-electron chi connectivity index (χ4n) is 3.34. The van der Waals surface area contributed by atoms with Gasteiger partial charge in [0.05, 0.1) is 30.5 Å². The molecule has 0 aliphatic carbocycles. The topological polar surface area (TPSA) is 64.7 Å². The molecule has 6 nitrogen and oxygen atoms in total. The average molecular weight is 489 g/mol. The number of carbonyl (C=O) groups excluding carboxylic acids is 1. The SMILES string of the molecule is Cc1ccc(Cn2nc(C)c(C(=O)Nc3ccnn3Cc3ccc(Cl)cc3Cl)c2Cl)cc1. The third kappa shape index (κ3) is 4.83. The Bertz CT molecular complexity index is 1280. The molecule has 1 N–H and O–H groups in total. The summed E-state index contributed by atoms with van der Waals surface area (Å²) in [6.07, 6.45) is 1.61. The maximum atomic E-state index is 13.0. The summed E-state index contributed by atoms with van der Waals surface area (Å²) in [6.45, 7) is 4.64. The monoisotopic (exact) mass is 487 g/mol. The molecule has 2 aromatic carbocycles. The molecule has 4 rings (SSSR count). The minimum atomic E-state index is -0.355. The number of nitrogens with one attached hydrogen (secondary N) is 1. The lowest BCUT2D eigenvalue weighted by atomic mass is 10.1. The number of nitrogens with zero attached hydrogens (tertiary/aromatic N) is 4. The minimum absolute atomic E-state index is 0.285. The highest BCUT2D eigenvalue weighted by Gasteiger charge is 2.22. The molecule has 1 amide bonds. The van der Waals surface area contributed by atoms with E-state index in [4.69, 9.17) is 34.8 Å². The first-order valence-corrected chi connectivity index (χ1v) is 11.0. The van der Waals surface area contributed by atoms with Crippen molar-refractivity contribution in [3.63, 3.8) is 0 Å². The Kier molecular flexibility index (Phi) is 6.55. The standard InChI is InChI=1S/C23H20Cl3N5O/c1-14-3-5-16(6-4-14)12-31-22(26)21(15(2)29-31)23(32)28-20-9-10-27-30(20)13-17-7-8-18(24)11-19(17)25/h3-11H,12-13H2,1-2H3,(H,28,32). The Hall–Kier alpha value is -2.80. The number of halogens is 3. The lowest BCUT2D eigenvalue weighted by Crippen LogP contribution is -2.17. The van der Waals surface area contributed by atoms with Crippen LogP contribution in [0.3, 0.4) is 0 Å². The van der Waals surface area contributed by atoms with E-state index in [9.17, 15) is 4.79 Å². The Morgan fingerprint density at radius 1 is 0.969 bits per heavy atom. The molecule has 0 radical (unpaired) electrons. The average Bonchev–Trinajstić information content (AvgIpc) is 3.29. The van der Waals surface area contributed by atoms with Gasteiger partial charge in [0, 0.05) is 16.1 Å². The quantitative estimate of drug-likeness (QED) is 0.362. The number of hydrogen-bond donors (Lipinski definition) is 1. The van der Waals surface area contributed by atoms with E-state index in [0.717, 1.165) is 11.1 Å². The van der Waals surface area contributed by atoms with Crippen LogP contribution in [0, 0.1) is 13.8 Å². The van der Waals surface area contributed by atoms with Crippen LogP contribution in [0.5, 0.6) is 0 Å². The molecule has 9 heteroatoms. The molecule has 0 atom stereocenters. The number of aryl methyl sites for hydroxylation is 2. The van der Waals surface area contributed by atoms with Crippen LogP contribution in [0.1, 0.15) is 32.7 Å². The fraction of sp³-hybridized carbons (Fsp3) is 0.174. The number of rotatable bonds is 6. The largest absolute Gasteiger partial charge is 0.307 e. The van der Waals surface area contributed by atoms with Crippen molar-refractivity contribution in [1.29, 1.82) is 0 Å². The van der Waals surface area contributed by atoms with E-state index >= 15 is 0 Å². The van der Waals surface area contributed by atoms with E-state index < -0.39 is 0 Å². The minimum Gasteiger partial charge on any atom is -0.307 e. The number of hydrogen-bond acceptors (Lipinski definition) is 3. The van der Waals surface area contributed by atoms with E-state index in [-0.39, 0.29) is 11.1 Å². The highest BCUT2D eigenvalue weighted by molar-refractivity contribution is 6.35. The van der Waals surface area contributed by atoms with E-state index in [1.807, 2.05) is 37.3 Å². The van der Waals surface area contributed by atoms with Crippen molar-refractivity contribution in [2.45, 2.75) is 26.9 Å². The fourth-order valence-corrected chi connectivity index (χ4v) is 4.13. The number of carbonyl (C=O) groups is 1. The summed E-state index contributed by atoms with van der Waals surface area (Å²) in [6, 6.07) is 15.1. The molecule has 164 valence electrons. The molecule has 2 aromatic heterocycles. The molecule has 0 spiro atoms. The number of benzene rings is 2. The van der Waals surface area contributed by atoms with Crippen molar-refractivity contribution in [2.75, 3.05) is 5.32 Å². The molecule has 0 bridgehead atoms. The van der Waals surface area contributed by atoms with Gasteiger partial charge < -0.3 is 5.32 Å². The summed E-state index contributed by atoms with van der Waals surface area (Å²) in [5.41, 5.74) is 3.93. The zero-order chi connectivity index (χ0) is 22.8. The maximum Gasteiger partial charge on any atom is 0.261 e. The first-order chi connectivity index (χ1) is 15.3. The van der Waals surface area contributed by atoms with Gasteiger partial charge in [-0.2, -0.15) is 10.2 Å². The van der Waals surface area contributed by atoms with Crippen LogP contribution in [-0.4, -0.2) is 25.5 Å². The summed E-state index contributed by atoms with van der Waals surface area (Å²) in [5.74, 6) is 0.161. The molecular formula is C23H20Cl3N5O. The van der Waals surface area contributed by atoms with Crippen LogP contribution in [0.25, 0.3) is 0 Å². The summed E-state index contributed by atoms with van der Waals surface area (Å²) in [4.78, 5) is 13.0. The molecule has 4 aromatic rings. The van der Waals surface area contributed by atoms with Gasteiger partial charge in [-0.25, -0.2) is 9.36 Å². The zero-order valence-corrected chi connectivity index (χ0v) is 19.7. The highest BCUT2D eigenvalue weighted by Crippen LogP contribution is 2.25. The predicted molar refractivity (Wildman–Crippen MR) is 128 cm³/mol. The van der Waals surface area contributed by atoms with Gasteiger partial charge in [0.2, 0.25) is 0 Å². The van der Waals surface area contributed by atoms with Gasteiger partial charge in [-0.15, -0.1) is 0 Å². The van der Waals surface area contributed by atoms with Crippen molar-refractivity contribution in [2.24, 2.45) is 0 Å². The summed E-state index contributed by atoms with van der Waals surface area (Å²) in [7, 11) is 0. The Morgan fingerprint density at radius 3 is 2.44 bits per heavy atom. The molecule has 0 saturated heterocycles. The summed E-state index contributed by atoms with van der Waals surface area (Å²) >= 11 is 18.8. The molecular weight excluding hydrogens is 469 g/mol. The van der Waals surface area contributed by atoms with Gasteiger partial charge >= 0.3 is 0 Å². The van der Waals surface area contributed by atoms with Crippen molar-refractivity contribution >= 4 is 46.5 Å². The van der Waals surface area contributed by atoms with Gasteiger partial charge in [-0.05, 0) is 37.1 Å². The van der Waals surface area contributed by atoms with Gasteiger partial charge in [0.25, 0.3) is 5.91 Å². The van der Waals surface area contributed by atoms with Crippen molar-refractivity contribution in [3.05, 3.63) is 97.9 Å². The summed E-state index contributed by atoms with van der Waals surface area (Å²) < 4.78 is 3.27. The van der Waals surface area contributed by atoms with Crippen molar-refractivity contribution in [3.8, 4) is 0 Å². The van der Waals surface area contributed by atoms with Crippen LogP contribution in [0.2, 0.25) is 15.2 Å². The van der Waals surface area contributed by atoms with Gasteiger partial charge in [-0.1, -0.05) is 70.7 Å². The van der Waals surface area contributed by atoms with Gasteiger partial charge in [0.1, 0.15) is 11.0 Å². The second-order valence-corrected chi connectivity index (χ2v) is 8.66. The van der Waals surface area contributed by atoms with Crippen LogP contribution in [0.15, 0.2) is 54.7 Å². The molecule has 2 heterocycles.